The molecule has 0 aliphatic carbocycles. The molecule has 1 aliphatic rings. The van der Waals surface area contributed by atoms with Crippen LogP contribution in [-0.2, 0) is 10.5 Å². The lowest BCUT2D eigenvalue weighted by Crippen LogP contribution is -2.52. The zero-order chi connectivity index (χ0) is 52.3. The average molecular weight is 1020 g/mol. The summed E-state index contributed by atoms with van der Waals surface area (Å²) in [6, 6.07) is 0. The molecular formula is C64H121N5O4. The smallest absolute Gasteiger partial charge is 0.280 e. The number of aromatic nitrogens is 4. The van der Waals surface area contributed by atoms with Crippen LogP contribution < -0.4 is 11.3 Å². The molecule has 5 N–H and O–H groups in total. The SMILES string of the molecule is CCCCCCCCCCCCCCCCCCC1(CCCCCCCCCCCCCCCCCC)[C@H](O)[C@@H](CO)O[C@@]1(CCCCCCCCCCCCCCCCCC)n1cnc2c(=O)[nH]c(N)nc21. The molecule has 2 aromatic heterocycles. The van der Waals surface area contributed by atoms with Gasteiger partial charge >= 0.3 is 0 Å². The maximum atomic E-state index is 13.3. The monoisotopic (exact) mass is 1020 g/mol. The number of nitrogens with zero attached hydrogens (tertiary/aromatic N) is 3. The number of imidazole rings is 1. The number of fused-ring (bicyclic) bond motifs is 1. The van der Waals surface area contributed by atoms with Crippen molar-refractivity contribution in [2.24, 2.45) is 5.41 Å². The van der Waals surface area contributed by atoms with Gasteiger partial charge in [-0.05, 0) is 25.7 Å². The van der Waals surface area contributed by atoms with E-state index in [0.29, 0.717) is 12.1 Å². The number of H-pyrrole nitrogens is 1. The molecule has 0 aromatic carbocycles. The Hall–Kier alpha value is -1.97. The Kier molecular flexibility index (Phi) is 38.5. The van der Waals surface area contributed by atoms with E-state index in [-0.39, 0.29) is 23.6 Å². The molecule has 0 radical (unpaired) electrons. The number of hydrogen-bond acceptors (Lipinski definition) is 7. The van der Waals surface area contributed by atoms with Gasteiger partial charge in [0.15, 0.2) is 16.9 Å². The van der Waals surface area contributed by atoms with E-state index in [1.54, 1.807) is 6.33 Å². The van der Waals surface area contributed by atoms with E-state index in [4.69, 9.17) is 15.5 Å². The summed E-state index contributed by atoms with van der Waals surface area (Å²) < 4.78 is 9.15. The standard InChI is InChI=1S/C64H121N5O4/c1-4-7-10-13-16-19-22-25-28-31-34-37-40-43-46-49-52-63(53-50-47-44-41-38-35-32-29-26-23-20-17-14-11-8-5-2)59(71)57(55-70)73-64(63,69-56-66-58-60(69)67-62(65)68-61(58)72)54-51-48-45-42-39-36-33-30-27-24-21-18-15-12-9-6-3/h56-57,59,70-71H,4-55H2,1-3H3,(H3,65,67,68,72)/t57-,59-,64-/m1/s1. The molecule has 2 aromatic rings. The molecule has 73 heavy (non-hydrogen) atoms. The quantitative estimate of drug-likeness (QED) is 0.0484. The molecule has 1 aliphatic heterocycles. The first kappa shape index (κ1) is 65.3. The van der Waals surface area contributed by atoms with Gasteiger partial charge in [-0.25, -0.2) is 4.98 Å². The summed E-state index contributed by atoms with van der Waals surface area (Å²) in [7, 11) is 0. The van der Waals surface area contributed by atoms with Crippen LogP contribution in [0.2, 0.25) is 0 Å². The van der Waals surface area contributed by atoms with Crippen LogP contribution in [0, 0.1) is 5.41 Å². The van der Waals surface area contributed by atoms with Crippen molar-refractivity contribution in [3.63, 3.8) is 0 Å². The van der Waals surface area contributed by atoms with Gasteiger partial charge in [0.25, 0.3) is 5.56 Å². The van der Waals surface area contributed by atoms with E-state index in [9.17, 15) is 15.0 Å². The van der Waals surface area contributed by atoms with E-state index in [2.05, 4.69) is 30.7 Å². The summed E-state index contributed by atoms with van der Waals surface area (Å²) in [6.07, 6.45) is 65.3. The van der Waals surface area contributed by atoms with Crippen molar-refractivity contribution < 1.29 is 14.9 Å². The summed E-state index contributed by atoms with van der Waals surface area (Å²) in [5.41, 5.74) is 4.83. The van der Waals surface area contributed by atoms with Crippen molar-refractivity contribution in [2.45, 2.75) is 366 Å². The number of nitrogens with one attached hydrogen (secondary N) is 1. The number of hydrogen-bond donors (Lipinski definition) is 4. The van der Waals surface area contributed by atoms with Crippen molar-refractivity contribution in [1.82, 2.24) is 19.5 Å². The van der Waals surface area contributed by atoms with E-state index in [1.165, 1.54) is 270 Å². The molecule has 0 spiro atoms. The predicted molar refractivity (Wildman–Crippen MR) is 313 cm³/mol. The molecule has 9 heteroatoms. The number of rotatable bonds is 53. The summed E-state index contributed by atoms with van der Waals surface area (Å²) in [5.74, 6) is 0.0512. The fraction of sp³-hybridized carbons (Fsp3) is 0.922. The van der Waals surface area contributed by atoms with Gasteiger partial charge < -0.3 is 20.7 Å². The zero-order valence-corrected chi connectivity index (χ0v) is 48.6. The lowest BCUT2D eigenvalue weighted by atomic mass is 9.65. The van der Waals surface area contributed by atoms with Gasteiger partial charge in [0.1, 0.15) is 6.10 Å². The predicted octanol–water partition coefficient (Wildman–Crippen LogP) is 19.0. The molecule has 0 saturated carbocycles. The number of anilines is 1. The fourth-order valence-electron chi connectivity index (χ4n) is 12.8. The molecule has 3 heterocycles. The van der Waals surface area contributed by atoms with Gasteiger partial charge in [0, 0.05) is 5.41 Å². The zero-order valence-electron chi connectivity index (χ0n) is 48.6. The maximum absolute atomic E-state index is 13.3. The van der Waals surface area contributed by atoms with Crippen LogP contribution in [0.3, 0.4) is 0 Å². The first-order valence-electron chi connectivity index (χ1n) is 32.6. The highest BCUT2D eigenvalue weighted by atomic mass is 16.6. The summed E-state index contributed by atoms with van der Waals surface area (Å²) in [6.45, 7) is 6.62. The maximum Gasteiger partial charge on any atom is 0.280 e. The van der Waals surface area contributed by atoms with E-state index >= 15 is 0 Å². The van der Waals surface area contributed by atoms with Crippen LogP contribution in [0.25, 0.3) is 11.2 Å². The molecular weight excluding hydrogens is 903 g/mol. The Labute approximate surface area is 450 Å². The Bertz CT molecular complexity index is 1580. The first-order chi connectivity index (χ1) is 35.9. The number of nitrogen functional groups attached to an aromatic ring is 1. The third-order valence-electron chi connectivity index (χ3n) is 17.4. The highest BCUT2D eigenvalue weighted by molar-refractivity contribution is 5.71. The second-order valence-electron chi connectivity index (χ2n) is 23.6. The van der Waals surface area contributed by atoms with Crippen molar-refractivity contribution in [2.75, 3.05) is 12.3 Å². The van der Waals surface area contributed by atoms with Crippen LogP contribution in [0.1, 0.15) is 348 Å². The van der Waals surface area contributed by atoms with Crippen LogP contribution in [-0.4, -0.2) is 48.5 Å². The number of unbranched alkanes of at least 4 members (excludes halogenated alkanes) is 45. The molecule has 3 atom stereocenters. The normalized spacial score (nSPS) is 17.7. The molecule has 426 valence electrons. The largest absolute Gasteiger partial charge is 0.394 e. The van der Waals surface area contributed by atoms with E-state index in [1.807, 2.05) is 4.57 Å². The third-order valence-corrected chi connectivity index (χ3v) is 17.4. The van der Waals surface area contributed by atoms with Crippen molar-refractivity contribution >= 4 is 17.1 Å². The molecule has 0 bridgehead atoms. The lowest BCUT2D eigenvalue weighted by Gasteiger charge is -2.47. The highest BCUT2D eigenvalue weighted by Gasteiger charge is 2.65. The number of ether oxygens (including phenoxy) is 1. The molecule has 9 nitrogen and oxygen atoms in total. The number of aliphatic hydroxyl groups excluding tert-OH is 2. The molecule has 1 fully saturated rings. The Morgan fingerprint density at radius 2 is 0.781 bits per heavy atom. The number of aliphatic hydroxyl groups is 2. The first-order valence-corrected chi connectivity index (χ1v) is 32.6. The lowest BCUT2D eigenvalue weighted by molar-refractivity contribution is -0.168. The third kappa shape index (κ3) is 25.8. The second kappa shape index (κ2) is 43.1. The summed E-state index contributed by atoms with van der Waals surface area (Å²) >= 11 is 0. The van der Waals surface area contributed by atoms with Gasteiger partial charge in [-0.2, -0.15) is 4.98 Å². The van der Waals surface area contributed by atoms with Gasteiger partial charge in [-0.15, -0.1) is 0 Å². The van der Waals surface area contributed by atoms with Crippen molar-refractivity contribution in [1.29, 1.82) is 0 Å². The topological polar surface area (TPSA) is 139 Å². The van der Waals surface area contributed by atoms with Crippen LogP contribution in [0.5, 0.6) is 0 Å². The minimum absolute atomic E-state index is 0.0512. The Morgan fingerprint density at radius 3 is 1.08 bits per heavy atom. The minimum Gasteiger partial charge on any atom is -0.394 e. The van der Waals surface area contributed by atoms with Gasteiger partial charge in [0.2, 0.25) is 5.95 Å². The Morgan fingerprint density at radius 1 is 0.493 bits per heavy atom. The van der Waals surface area contributed by atoms with Crippen molar-refractivity contribution in [3.05, 3.63) is 16.7 Å². The highest BCUT2D eigenvalue weighted by Crippen LogP contribution is 2.59. The van der Waals surface area contributed by atoms with Crippen LogP contribution >= 0.6 is 0 Å². The molecule has 0 amide bonds. The number of aromatic amines is 1. The van der Waals surface area contributed by atoms with Gasteiger partial charge in [-0.1, -0.05) is 323 Å². The molecule has 3 rings (SSSR count). The van der Waals surface area contributed by atoms with Crippen molar-refractivity contribution in [3.8, 4) is 0 Å². The van der Waals surface area contributed by atoms with Crippen LogP contribution in [0.15, 0.2) is 11.1 Å². The van der Waals surface area contributed by atoms with Crippen LogP contribution in [0.4, 0.5) is 5.95 Å². The fourth-order valence-corrected chi connectivity index (χ4v) is 12.8. The van der Waals surface area contributed by atoms with Gasteiger partial charge in [-0.3, -0.25) is 14.3 Å². The van der Waals surface area contributed by atoms with E-state index in [0.717, 1.165) is 51.4 Å². The molecule has 0 unspecified atom stereocenters. The molecule has 1 saturated heterocycles. The summed E-state index contributed by atoms with van der Waals surface area (Å²) in [4.78, 5) is 25.3. The van der Waals surface area contributed by atoms with Gasteiger partial charge in [0.05, 0.1) is 19.0 Å². The van der Waals surface area contributed by atoms with E-state index < -0.39 is 23.3 Å². The Balaban J connectivity index is 1.64. The summed E-state index contributed by atoms with van der Waals surface area (Å²) in [5, 5.41) is 23.6. The second-order valence-corrected chi connectivity index (χ2v) is 23.6. The number of nitrogens with two attached hydrogens (primary N) is 1. The minimum atomic E-state index is -1.02. The average Bonchev–Trinajstić information content (AvgIpc) is 3.92.